The maximum Gasteiger partial charge on any atom is 0.433 e. The normalized spacial score (nSPS) is 19.8. The maximum absolute atomic E-state index is 12.6. The van der Waals surface area contributed by atoms with E-state index in [0.717, 1.165) is 17.2 Å². The molecule has 1 N–H and O–H groups in total. The van der Waals surface area contributed by atoms with Gasteiger partial charge in [-0.25, -0.2) is 14.8 Å². The lowest BCUT2D eigenvalue weighted by Crippen LogP contribution is -2.61. The molecule has 21 heavy (non-hydrogen) atoms. The second kappa shape index (κ2) is 4.57. The molecule has 0 spiro atoms. The molecule has 2 aliphatic rings. The van der Waals surface area contributed by atoms with Gasteiger partial charge in [0.25, 0.3) is 0 Å². The highest BCUT2D eigenvalue weighted by Crippen LogP contribution is 2.29. The number of nitrogens with zero attached hydrogens (tertiary/aromatic N) is 4. The number of alkyl halides is 3. The first-order valence-corrected chi connectivity index (χ1v) is 6.11. The smallest absolute Gasteiger partial charge is 0.337 e. The SMILES string of the molecule is O=C1CNC(=O)N1C1CN(c2nccc(C(F)(F)F)n2)C1. The Labute approximate surface area is 116 Å². The van der Waals surface area contributed by atoms with Crippen LogP contribution in [0.5, 0.6) is 0 Å². The van der Waals surface area contributed by atoms with Gasteiger partial charge in [-0.15, -0.1) is 0 Å². The second-order valence-corrected chi connectivity index (χ2v) is 4.72. The van der Waals surface area contributed by atoms with E-state index in [-0.39, 0.29) is 37.5 Å². The average Bonchev–Trinajstić information content (AvgIpc) is 2.68. The first-order chi connectivity index (χ1) is 9.86. The summed E-state index contributed by atoms with van der Waals surface area (Å²) in [6.45, 7) is 0.399. The van der Waals surface area contributed by atoms with Crippen molar-refractivity contribution in [2.24, 2.45) is 0 Å². The Kier molecular flexibility index (Phi) is 2.96. The monoisotopic (exact) mass is 301 g/mol. The molecule has 2 saturated heterocycles. The van der Waals surface area contributed by atoms with Gasteiger partial charge in [0, 0.05) is 19.3 Å². The van der Waals surface area contributed by atoms with Gasteiger partial charge in [0.1, 0.15) is 5.69 Å². The molecule has 0 bridgehead atoms. The predicted octanol–water partition coefficient (Wildman–Crippen LogP) is 0.236. The van der Waals surface area contributed by atoms with Crippen molar-refractivity contribution in [2.45, 2.75) is 12.2 Å². The van der Waals surface area contributed by atoms with Gasteiger partial charge in [-0.2, -0.15) is 13.2 Å². The van der Waals surface area contributed by atoms with Crippen LogP contribution in [0.15, 0.2) is 12.3 Å². The number of aromatic nitrogens is 2. The number of nitrogens with one attached hydrogen (secondary N) is 1. The lowest BCUT2D eigenvalue weighted by atomic mass is 10.1. The number of halogens is 3. The fourth-order valence-corrected chi connectivity index (χ4v) is 2.24. The molecule has 1 aromatic rings. The molecule has 112 valence electrons. The summed E-state index contributed by atoms with van der Waals surface area (Å²) in [7, 11) is 0. The van der Waals surface area contributed by atoms with E-state index in [4.69, 9.17) is 0 Å². The fraction of sp³-hybridized carbons (Fsp3) is 0.455. The lowest BCUT2D eigenvalue weighted by Gasteiger charge is -2.42. The van der Waals surface area contributed by atoms with Gasteiger partial charge in [-0.1, -0.05) is 0 Å². The van der Waals surface area contributed by atoms with Gasteiger partial charge in [-0.3, -0.25) is 9.69 Å². The Morgan fingerprint density at radius 1 is 1.29 bits per heavy atom. The van der Waals surface area contributed by atoms with Crippen LogP contribution >= 0.6 is 0 Å². The van der Waals surface area contributed by atoms with Gasteiger partial charge in [0.05, 0.1) is 12.6 Å². The fourth-order valence-electron chi connectivity index (χ4n) is 2.24. The van der Waals surface area contributed by atoms with Crippen LogP contribution in [0.4, 0.5) is 23.9 Å². The highest BCUT2D eigenvalue weighted by atomic mass is 19.4. The van der Waals surface area contributed by atoms with Crippen LogP contribution in [0, 0.1) is 0 Å². The Bertz CT molecular complexity index is 584. The van der Waals surface area contributed by atoms with E-state index in [0.29, 0.717) is 0 Å². The summed E-state index contributed by atoms with van der Waals surface area (Å²) >= 11 is 0. The maximum atomic E-state index is 12.6. The number of imide groups is 1. The Balaban J connectivity index is 1.69. The van der Waals surface area contributed by atoms with E-state index >= 15 is 0 Å². The number of urea groups is 1. The summed E-state index contributed by atoms with van der Waals surface area (Å²) in [5, 5.41) is 2.39. The molecule has 10 heteroatoms. The van der Waals surface area contributed by atoms with Crippen molar-refractivity contribution in [1.82, 2.24) is 20.2 Å². The van der Waals surface area contributed by atoms with Gasteiger partial charge < -0.3 is 10.2 Å². The quantitative estimate of drug-likeness (QED) is 0.792. The molecule has 0 radical (unpaired) electrons. The van der Waals surface area contributed by atoms with Crippen LogP contribution in [0.25, 0.3) is 0 Å². The molecular formula is C11H10F3N5O2. The Hall–Kier alpha value is -2.39. The van der Waals surface area contributed by atoms with Crippen LogP contribution in [0.2, 0.25) is 0 Å². The lowest BCUT2D eigenvalue weighted by molar-refractivity contribution is -0.141. The zero-order valence-electron chi connectivity index (χ0n) is 10.6. The first-order valence-electron chi connectivity index (χ1n) is 6.11. The van der Waals surface area contributed by atoms with Crippen LogP contribution in [-0.2, 0) is 11.0 Å². The third-order valence-electron chi connectivity index (χ3n) is 3.32. The molecule has 0 aromatic carbocycles. The van der Waals surface area contributed by atoms with E-state index in [1.165, 1.54) is 4.90 Å². The van der Waals surface area contributed by atoms with Gasteiger partial charge in [0.2, 0.25) is 11.9 Å². The van der Waals surface area contributed by atoms with Crippen LogP contribution in [-0.4, -0.2) is 52.5 Å². The molecular weight excluding hydrogens is 291 g/mol. The second-order valence-electron chi connectivity index (χ2n) is 4.72. The van der Waals surface area contributed by atoms with Crippen molar-refractivity contribution in [1.29, 1.82) is 0 Å². The average molecular weight is 301 g/mol. The summed E-state index contributed by atoms with van der Waals surface area (Å²) in [5.41, 5.74) is -1.02. The molecule has 0 aliphatic carbocycles. The third-order valence-corrected chi connectivity index (χ3v) is 3.32. The molecule has 2 fully saturated rings. The molecule has 3 heterocycles. The number of hydrogen-bond donors (Lipinski definition) is 1. The standard InChI is InChI=1S/C11H10F3N5O2/c12-11(13,14)7-1-2-15-9(17-7)18-4-6(5-18)19-8(20)3-16-10(19)21/h1-2,6H,3-5H2,(H,16,21). The number of hydrogen-bond acceptors (Lipinski definition) is 5. The molecule has 7 nitrogen and oxygen atoms in total. The first kappa shape index (κ1) is 13.6. The van der Waals surface area contributed by atoms with Gasteiger partial charge in [-0.05, 0) is 6.07 Å². The Morgan fingerprint density at radius 3 is 2.57 bits per heavy atom. The molecule has 2 aliphatic heterocycles. The van der Waals surface area contributed by atoms with Gasteiger partial charge >= 0.3 is 12.2 Å². The van der Waals surface area contributed by atoms with Crippen molar-refractivity contribution in [2.75, 3.05) is 24.5 Å². The molecule has 1 aromatic heterocycles. The summed E-state index contributed by atoms with van der Waals surface area (Å²) < 4.78 is 37.7. The summed E-state index contributed by atoms with van der Waals surface area (Å²) in [5.74, 6) is -0.400. The number of carbonyl (C=O) groups excluding carboxylic acids is 2. The number of anilines is 1. The zero-order valence-corrected chi connectivity index (χ0v) is 10.6. The molecule has 3 amide bonds. The summed E-state index contributed by atoms with van der Waals surface area (Å²) in [4.78, 5) is 32.7. The van der Waals surface area contributed by atoms with Crippen LogP contribution in [0.3, 0.4) is 0 Å². The zero-order chi connectivity index (χ0) is 15.2. The van der Waals surface area contributed by atoms with Crippen molar-refractivity contribution < 1.29 is 22.8 Å². The molecule has 0 saturated carbocycles. The van der Waals surface area contributed by atoms with Crippen molar-refractivity contribution >= 4 is 17.9 Å². The minimum Gasteiger partial charge on any atom is -0.337 e. The summed E-state index contributed by atoms with van der Waals surface area (Å²) in [6.07, 6.45) is -3.50. The number of carbonyl (C=O) groups is 2. The van der Waals surface area contributed by atoms with Crippen LogP contribution < -0.4 is 10.2 Å². The minimum atomic E-state index is -4.53. The van der Waals surface area contributed by atoms with Crippen molar-refractivity contribution in [3.63, 3.8) is 0 Å². The van der Waals surface area contributed by atoms with E-state index < -0.39 is 17.9 Å². The highest BCUT2D eigenvalue weighted by molar-refractivity contribution is 6.02. The largest absolute Gasteiger partial charge is 0.433 e. The number of amides is 3. The molecule has 0 unspecified atom stereocenters. The van der Waals surface area contributed by atoms with Crippen LogP contribution in [0.1, 0.15) is 5.69 Å². The van der Waals surface area contributed by atoms with E-state index in [2.05, 4.69) is 15.3 Å². The van der Waals surface area contributed by atoms with Gasteiger partial charge in [0.15, 0.2) is 0 Å². The number of rotatable bonds is 2. The summed E-state index contributed by atoms with van der Waals surface area (Å²) in [6, 6.07) is -0.0502. The minimum absolute atomic E-state index is 0.0462. The van der Waals surface area contributed by atoms with Crippen molar-refractivity contribution in [3.05, 3.63) is 18.0 Å². The van der Waals surface area contributed by atoms with Crippen molar-refractivity contribution in [3.8, 4) is 0 Å². The molecule has 3 rings (SSSR count). The van der Waals surface area contributed by atoms with E-state index in [9.17, 15) is 22.8 Å². The highest BCUT2D eigenvalue weighted by Gasteiger charge is 2.42. The van der Waals surface area contributed by atoms with E-state index in [1.807, 2.05) is 0 Å². The third kappa shape index (κ3) is 2.36. The molecule has 0 atom stereocenters. The predicted molar refractivity (Wildman–Crippen MR) is 63.3 cm³/mol. The topological polar surface area (TPSA) is 78.4 Å². The Morgan fingerprint density at radius 2 is 2.00 bits per heavy atom. The van der Waals surface area contributed by atoms with E-state index in [1.54, 1.807) is 0 Å².